The van der Waals surface area contributed by atoms with Crippen LogP contribution in [-0.4, -0.2) is 67.2 Å². The lowest BCUT2D eigenvalue weighted by atomic mass is 10.1. The number of H-pyrrole nitrogens is 1. The van der Waals surface area contributed by atoms with E-state index in [1.54, 1.807) is 4.90 Å². The molecule has 3 rings (SSSR count). The average molecular weight is 467 g/mol. The van der Waals surface area contributed by atoms with Gasteiger partial charge in [-0.05, 0) is 18.1 Å². The lowest BCUT2D eigenvalue weighted by Gasteiger charge is -2.29. The Morgan fingerprint density at radius 1 is 1.34 bits per heavy atom. The van der Waals surface area contributed by atoms with Crippen molar-refractivity contribution in [2.45, 2.75) is 20.4 Å². The van der Waals surface area contributed by atoms with Gasteiger partial charge in [0, 0.05) is 32.9 Å². The molecule has 174 valence electrons. The average Bonchev–Trinajstić information content (AvgIpc) is 2.71. The van der Waals surface area contributed by atoms with Crippen LogP contribution in [0.15, 0.2) is 37.9 Å². The van der Waals surface area contributed by atoms with Crippen molar-refractivity contribution < 1.29 is 17.9 Å². The van der Waals surface area contributed by atoms with Gasteiger partial charge in [0.15, 0.2) is 5.69 Å². The van der Waals surface area contributed by atoms with Gasteiger partial charge in [0.1, 0.15) is 11.7 Å². The third-order valence-electron chi connectivity index (χ3n) is 4.87. The van der Waals surface area contributed by atoms with Crippen molar-refractivity contribution in [2.75, 3.05) is 43.2 Å². The number of amides is 1. The number of sulfonamides is 1. The van der Waals surface area contributed by atoms with Crippen LogP contribution >= 0.6 is 0 Å². The van der Waals surface area contributed by atoms with Crippen LogP contribution in [0.1, 0.15) is 13.8 Å². The number of ether oxygens (including phenoxy) is 1. The van der Waals surface area contributed by atoms with Crippen LogP contribution in [0.25, 0.3) is 0 Å². The van der Waals surface area contributed by atoms with E-state index < -0.39 is 27.2 Å². The normalized spacial score (nSPS) is 17.1. The number of aromatic amines is 1. The zero-order valence-electron chi connectivity index (χ0n) is 18.1. The number of nitrogens with zero attached hydrogens (tertiary/aromatic N) is 4. The number of amidine groups is 1. The maximum absolute atomic E-state index is 13.4. The Morgan fingerprint density at radius 2 is 2.06 bits per heavy atom. The monoisotopic (exact) mass is 466 g/mol. The second-order valence-corrected chi connectivity index (χ2v) is 9.55. The lowest BCUT2D eigenvalue weighted by molar-refractivity contribution is -0.115. The fourth-order valence-electron chi connectivity index (χ4n) is 3.37. The van der Waals surface area contributed by atoms with Crippen molar-refractivity contribution >= 4 is 33.3 Å². The first-order chi connectivity index (χ1) is 15.0. The van der Waals surface area contributed by atoms with Crippen LogP contribution in [0.4, 0.5) is 11.5 Å². The van der Waals surface area contributed by atoms with Crippen molar-refractivity contribution in [2.24, 2.45) is 10.3 Å². The topological polar surface area (TPSA) is 160 Å². The number of hydrogen-bond donors (Lipinski definition) is 2. The van der Waals surface area contributed by atoms with E-state index >= 15 is 0 Å². The molecule has 0 saturated heterocycles. The second-order valence-electron chi connectivity index (χ2n) is 7.79. The molecule has 13 heteroatoms. The highest BCUT2D eigenvalue weighted by molar-refractivity contribution is 7.90. The molecule has 0 atom stereocenters. The maximum atomic E-state index is 13.4. The van der Waals surface area contributed by atoms with Gasteiger partial charge in [0.25, 0.3) is 21.5 Å². The lowest BCUT2D eigenvalue weighted by Crippen LogP contribution is -2.44. The Morgan fingerprint density at radius 3 is 2.72 bits per heavy atom. The minimum Gasteiger partial charge on any atom is -0.383 e. The van der Waals surface area contributed by atoms with E-state index in [1.807, 2.05) is 13.8 Å². The first-order valence-electron chi connectivity index (χ1n) is 9.96. The van der Waals surface area contributed by atoms with Gasteiger partial charge in [-0.2, -0.15) is 0 Å². The largest absolute Gasteiger partial charge is 0.383 e. The van der Waals surface area contributed by atoms with Crippen molar-refractivity contribution in [1.82, 2.24) is 14.5 Å². The molecule has 12 nitrogen and oxygen atoms in total. The maximum Gasteiger partial charge on any atom is 0.330 e. The van der Waals surface area contributed by atoms with Gasteiger partial charge in [-0.3, -0.25) is 24.0 Å². The van der Waals surface area contributed by atoms with Gasteiger partial charge in [-0.1, -0.05) is 13.8 Å². The van der Waals surface area contributed by atoms with E-state index in [9.17, 15) is 22.8 Å². The zero-order valence-corrected chi connectivity index (χ0v) is 18.9. The molecule has 32 heavy (non-hydrogen) atoms. The van der Waals surface area contributed by atoms with Crippen molar-refractivity contribution in [3.63, 3.8) is 0 Å². The van der Waals surface area contributed by atoms with Gasteiger partial charge in [-0.25, -0.2) is 13.2 Å². The van der Waals surface area contributed by atoms with E-state index in [4.69, 9.17) is 10.5 Å². The first kappa shape index (κ1) is 23.5. The summed E-state index contributed by atoms with van der Waals surface area (Å²) >= 11 is 0. The number of nitrogen functional groups attached to an aromatic ring is 1. The number of nitrogens with one attached hydrogen (secondary N) is 1. The SMILES string of the molecule is COCCN(C(=O)C1=CN2CCS(=O)(=O)N=C2C=C1)c1c(N)n(CC(C)C)c(=O)[nH]c1=O. The summed E-state index contributed by atoms with van der Waals surface area (Å²) in [6.45, 7) is 4.29. The molecule has 0 bridgehead atoms. The number of hydrogen-bond acceptors (Lipinski definition) is 8. The van der Waals surface area contributed by atoms with Crippen LogP contribution in [0.5, 0.6) is 0 Å². The molecule has 2 aliphatic rings. The van der Waals surface area contributed by atoms with Crippen molar-refractivity contribution in [3.8, 4) is 0 Å². The molecular formula is C19H26N6O6S. The van der Waals surface area contributed by atoms with E-state index in [1.165, 1.54) is 30.0 Å². The molecule has 0 fully saturated rings. The number of rotatable bonds is 7. The summed E-state index contributed by atoms with van der Waals surface area (Å²) in [6, 6.07) is 0. The van der Waals surface area contributed by atoms with E-state index in [0.717, 1.165) is 4.90 Å². The third-order valence-corrected chi connectivity index (χ3v) is 6.03. The molecule has 3 N–H and O–H groups in total. The standard InChI is InChI=1S/C19H26N6O6S/c1-12(2)10-25-16(20)15(17(26)21-19(25)28)24(6-8-31-3)18(27)13-4-5-14-22-32(29,30)9-7-23(14)11-13/h4-5,11-12H,6-10,20H2,1-3H3,(H,21,26,28). The van der Waals surface area contributed by atoms with E-state index in [-0.39, 0.29) is 60.8 Å². The predicted molar refractivity (Wildman–Crippen MR) is 120 cm³/mol. The van der Waals surface area contributed by atoms with E-state index in [0.29, 0.717) is 0 Å². The van der Waals surface area contributed by atoms with E-state index in [2.05, 4.69) is 9.38 Å². The van der Waals surface area contributed by atoms with Crippen LogP contribution < -0.4 is 21.9 Å². The summed E-state index contributed by atoms with van der Waals surface area (Å²) in [5, 5.41) is 0. The summed E-state index contributed by atoms with van der Waals surface area (Å²) < 4.78 is 33.4. The van der Waals surface area contributed by atoms with Crippen molar-refractivity contribution in [3.05, 3.63) is 44.8 Å². The molecule has 1 aromatic heterocycles. The second kappa shape index (κ2) is 9.12. The van der Waals surface area contributed by atoms with Gasteiger partial charge in [0.2, 0.25) is 0 Å². The highest BCUT2D eigenvalue weighted by Gasteiger charge is 2.29. The molecule has 0 aromatic carbocycles. The summed E-state index contributed by atoms with van der Waals surface area (Å²) in [4.78, 5) is 43.3. The molecule has 0 spiro atoms. The number of fused-ring (bicyclic) bond motifs is 1. The number of nitrogens with two attached hydrogens (primary N) is 1. The predicted octanol–water partition coefficient (Wildman–Crippen LogP) is -0.748. The summed E-state index contributed by atoms with van der Waals surface area (Å²) in [7, 11) is -2.08. The van der Waals surface area contributed by atoms with Gasteiger partial charge in [-0.15, -0.1) is 4.40 Å². The molecule has 0 saturated carbocycles. The highest BCUT2D eigenvalue weighted by atomic mass is 32.2. The molecule has 0 unspecified atom stereocenters. The minimum atomic E-state index is -3.53. The van der Waals surface area contributed by atoms with Crippen LogP contribution in [0.2, 0.25) is 0 Å². The molecule has 0 aliphatic carbocycles. The highest BCUT2D eigenvalue weighted by Crippen LogP contribution is 2.22. The molecule has 0 radical (unpaired) electrons. The zero-order chi connectivity index (χ0) is 23.6. The van der Waals surface area contributed by atoms with Gasteiger partial charge >= 0.3 is 5.69 Å². The number of carbonyl (C=O) groups is 1. The van der Waals surface area contributed by atoms with Crippen LogP contribution in [-0.2, 0) is 26.1 Å². The number of carbonyl (C=O) groups excluding carboxylic acids is 1. The Kier molecular flexibility index (Phi) is 6.69. The molecule has 1 aromatic rings. The molecule has 3 heterocycles. The van der Waals surface area contributed by atoms with Gasteiger partial charge in [0.05, 0.1) is 17.9 Å². The molecule has 2 aliphatic heterocycles. The Bertz CT molecular complexity index is 1220. The molecular weight excluding hydrogens is 440 g/mol. The summed E-state index contributed by atoms with van der Waals surface area (Å²) in [6.07, 6.45) is 4.32. The Hall–Kier alpha value is -3.19. The quantitative estimate of drug-likeness (QED) is 0.531. The molecule has 1 amide bonds. The fourth-order valence-corrected chi connectivity index (χ4v) is 4.33. The Labute approximate surface area is 184 Å². The Balaban J connectivity index is 2.04. The summed E-state index contributed by atoms with van der Waals surface area (Å²) in [5.74, 6) is -0.586. The first-order valence-corrected chi connectivity index (χ1v) is 11.6. The fraction of sp³-hybridized carbons (Fsp3) is 0.474. The smallest absolute Gasteiger partial charge is 0.330 e. The van der Waals surface area contributed by atoms with Crippen LogP contribution in [0, 0.1) is 5.92 Å². The number of aromatic nitrogens is 2. The van der Waals surface area contributed by atoms with Gasteiger partial charge < -0.3 is 15.4 Å². The summed E-state index contributed by atoms with van der Waals surface area (Å²) in [5.41, 5.74) is 4.78. The number of methoxy groups -OCH3 is 1. The third kappa shape index (κ3) is 4.83. The minimum absolute atomic E-state index is 0.00298. The van der Waals surface area contributed by atoms with Crippen LogP contribution in [0.3, 0.4) is 0 Å². The number of anilines is 2. The van der Waals surface area contributed by atoms with Crippen molar-refractivity contribution in [1.29, 1.82) is 0 Å².